The molecule has 0 aromatic heterocycles. The number of carbonyl (C=O) groups is 8. The molecule has 2 saturated heterocycles. The number of hydrogen-bond acceptors (Lipinski definition) is 19. The van der Waals surface area contributed by atoms with Crippen LogP contribution in [0.25, 0.3) is 0 Å². The SMILES string of the molecule is CC(C)C(=O)OCC1O[C@@H](OC(=O)C(C)C)[C@@H](OC(=O)C(C)C)C(OC(=O)C(C)C)[C@@H]1O[C@@H]1OC(COC(=O)C(C)C)[C@H](OC(=O)C(C)C)C(OC(=O)C(C)C)[C@@H]1OC(=O)C(C)C. The van der Waals surface area contributed by atoms with E-state index in [1.54, 1.807) is 69.2 Å². The molecule has 0 aromatic carbocycles. The summed E-state index contributed by atoms with van der Waals surface area (Å²) < 4.78 is 65.9. The second-order valence-electron chi connectivity index (χ2n) is 18.1. The first-order chi connectivity index (χ1) is 29.2. The highest BCUT2D eigenvalue weighted by atomic mass is 16.8. The largest absolute Gasteiger partial charge is 0.463 e. The molecule has 2 aliphatic heterocycles. The van der Waals surface area contributed by atoms with E-state index in [0.717, 1.165) is 0 Å². The first-order valence-electron chi connectivity index (χ1n) is 21.7. The molecule has 2 rings (SSSR count). The van der Waals surface area contributed by atoms with Crippen molar-refractivity contribution < 1.29 is 90.5 Å². The lowest BCUT2D eigenvalue weighted by atomic mass is 9.95. The van der Waals surface area contributed by atoms with E-state index in [0.29, 0.717) is 0 Å². The Kier molecular flexibility index (Phi) is 21.4. The lowest BCUT2D eigenvalue weighted by Gasteiger charge is -2.49. The second kappa shape index (κ2) is 24.6. The molecule has 19 nitrogen and oxygen atoms in total. The van der Waals surface area contributed by atoms with Crippen molar-refractivity contribution in [1.82, 2.24) is 0 Å². The summed E-state index contributed by atoms with van der Waals surface area (Å²) in [6, 6.07) is 0. The molecule has 4 unspecified atom stereocenters. The predicted molar refractivity (Wildman–Crippen MR) is 218 cm³/mol. The van der Waals surface area contributed by atoms with Crippen molar-refractivity contribution in [3.05, 3.63) is 0 Å². The average Bonchev–Trinajstić information content (AvgIpc) is 3.19. The quantitative estimate of drug-likeness (QED) is 0.123. The van der Waals surface area contributed by atoms with E-state index in [9.17, 15) is 38.4 Å². The molecule has 0 aliphatic carbocycles. The van der Waals surface area contributed by atoms with E-state index < -0.39 is 170 Å². The molecule has 0 aromatic rings. The van der Waals surface area contributed by atoms with Crippen LogP contribution in [0.5, 0.6) is 0 Å². The number of rotatable bonds is 20. The van der Waals surface area contributed by atoms with Gasteiger partial charge in [0.25, 0.3) is 0 Å². The second-order valence-corrected chi connectivity index (χ2v) is 18.1. The molecule has 63 heavy (non-hydrogen) atoms. The lowest BCUT2D eigenvalue weighted by Crippen LogP contribution is -2.68. The topological polar surface area (TPSA) is 238 Å². The molecule has 0 spiro atoms. The van der Waals surface area contributed by atoms with Gasteiger partial charge in [0.2, 0.25) is 12.4 Å². The van der Waals surface area contributed by atoms with E-state index in [1.807, 2.05) is 0 Å². The van der Waals surface area contributed by atoms with E-state index in [2.05, 4.69) is 0 Å². The van der Waals surface area contributed by atoms with Crippen LogP contribution in [0.1, 0.15) is 111 Å². The molecular formula is C44H70O19. The average molecular weight is 903 g/mol. The van der Waals surface area contributed by atoms with E-state index in [4.69, 9.17) is 52.1 Å². The zero-order valence-electron chi connectivity index (χ0n) is 39.6. The van der Waals surface area contributed by atoms with E-state index in [1.165, 1.54) is 41.5 Å². The van der Waals surface area contributed by atoms with Crippen molar-refractivity contribution in [1.29, 1.82) is 0 Å². The van der Waals surface area contributed by atoms with Crippen LogP contribution in [0, 0.1) is 47.3 Å². The summed E-state index contributed by atoms with van der Waals surface area (Å²) in [7, 11) is 0. The Balaban J connectivity index is 3.04. The van der Waals surface area contributed by atoms with Gasteiger partial charge >= 0.3 is 47.8 Å². The van der Waals surface area contributed by atoms with Crippen molar-refractivity contribution in [2.24, 2.45) is 47.3 Å². The first-order valence-corrected chi connectivity index (χ1v) is 21.7. The molecule has 0 bridgehead atoms. The van der Waals surface area contributed by atoms with Crippen molar-refractivity contribution >= 4 is 47.8 Å². The molecule has 2 fully saturated rings. The number of ether oxygens (including phenoxy) is 11. The molecule has 0 N–H and O–H groups in total. The summed E-state index contributed by atoms with van der Waals surface area (Å²) in [6.07, 6.45) is -16.9. The van der Waals surface area contributed by atoms with Crippen LogP contribution in [0.3, 0.4) is 0 Å². The van der Waals surface area contributed by atoms with Gasteiger partial charge < -0.3 is 52.1 Å². The van der Waals surface area contributed by atoms with Gasteiger partial charge in [0.15, 0.2) is 30.7 Å². The van der Waals surface area contributed by atoms with Crippen LogP contribution in [0.4, 0.5) is 0 Å². The highest BCUT2D eigenvalue weighted by Gasteiger charge is 2.59. The maximum Gasteiger partial charge on any atom is 0.310 e. The summed E-state index contributed by atoms with van der Waals surface area (Å²) in [5, 5.41) is 0. The molecule has 2 aliphatic rings. The smallest absolute Gasteiger partial charge is 0.310 e. The van der Waals surface area contributed by atoms with Gasteiger partial charge in [-0.2, -0.15) is 0 Å². The Morgan fingerprint density at radius 2 is 0.571 bits per heavy atom. The van der Waals surface area contributed by atoms with Crippen LogP contribution in [-0.4, -0.2) is 122 Å². The molecule has 0 amide bonds. The van der Waals surface area contributed by atoms with Crippen LogP contribution < -0.4 is 0 Å². The van der Waals surface area contributed by atoms with Crippen LogP contribution >= 0.6 is 0 Å². The zero-order valence-corrected chi connectivity index (χ0v) is 39.6. The Morgan fingerprint density at radius 1 is 0.317 bits per heavy atom. The Labute approximate surface area is 370 Å². The van der Waals surface area contributed by atoms with Crippen molar-refractivity contribution in [3.63, 3.8) is 0 Å². The van der Waals surface area contributed by atoms with Crippen molar-refractivity contribution in [2.45, 2.75) is 172 Å². The molecule has 2 heterocycles. The molecule has 0 radical (unpaired) electrons. The minimum Gasteiger partial charge on any atom is -0.463 e. The maximum atomic E-state index is 13.6. The van der Waals surface area contributed by atoms with Gasteiger partial charge in [-0.25, -0.2) is 0 Å². The van der Waals surface area contributed by atoms with E-state index >= 15 is 0 Å². The van der Waals surface area contributed by atoms with Gasteiger partial charge in [-0.15, -0.1) is 0 Å². The third-order valence-electron chi connectivity index (χ3n) is 9.52. The Bertz CT molecular complexity index is 1580. The summed E-state index contributed by atoms with van der Waals surface area (Å²) in [6.45, 7) is 23.6. The van der Waals surface area contributed by atoms with Gasteiger partial charge in [-0.1, -0.05) is 111 Å². The third-order valence-corrected chi connectivity index (χ3v) is 9.52. The van der Waals surface area contributed by atoms with Gasteiger partial charge in [-0.3, -0.25) is 38.4 Å². The summed E-state index contributed by atoms with van der Waals surface area (Å²) in [5.74, 6) is -12.0. The molecule has 10 atom stereocenters. The molecule has 0 saturated carbocycles. The minimum atomic E-state index is -1.89. The van der Waals surface area contributed by atoms with Crippen LogP contribution in [0.15, 0.2) is 0 Å². The number of carbonyl (C=O) groups excluding carboxylic acids is 8. The van der Waals surface area contributed by atoms with Gasteiger partial charge in [0, 0.05) is 0 Å². The van der Waals surface area contributed by atoms with Gasteiger partial charge in [0.05, 0.1) is 47.3 Å². The normalized spacial score (nSPS) is 26.2. The number of hydrogen-bond donors (Lipinski definition) is 0. The Morgan fingerprint density at radius 3 is 0.921 bits per heavy atom. The van der Waals surface area contributed by atoms with Gasteiger partial charge in [0.1, 0.15) is 31.5 Å². The highest BCUT2D eigenvalue weighted by molar-refractivity contribution is 5.75. The summed E-state index contributed by atoms with van der Waals surface area (Å²) in [5.41, 5.74) is 0. The molecule has 360 valence electrons. The monoisotopic (exact) mass is 902 g/mol. The van der Waals surface area contributed by atoms with Crippen LogP contribution in [0.2, 0.25) is 0 Å². The third kappa shape index (κ3) is 16.0. The van der Waals surface area contributed by atoms with E-state index in [-0.39, 0.29) is 0 Å². The number of esters is 8. The minimum absolute atomic E-state index is 0.599. The fraction of sp³-hybridized carbons (Fsp3) is 0.818. The Hall–Kier alpha value is -4.36. The van der Waals surface area contributed by atoms with Crippen LogP contribution in [-0.2, 0) is 90.5 Å². The highest BCUT2D eigenvalue weighted by Crippen LogP contribution is 2.37. The summed E-state index contributed by atoms with van der Waals surface area (Å²) >= 11 is 0. The summed E-state index contributed by atoms with van der Waals surface area (Å²) in [4.78, 5) is 106. The fourth-order valence-corrected chi connectivity index (χ4v) is 5.47. The van der Waals surface area contributed by atoms with Crippen molar-refractivity contribution in [3.8, 4) is 0 Å². The standard InChI is InChI=1S/C44H70O19/c1-19(2)35(45)53-17-27-29(57-37(47)21(5)6)31(58-38(48)22(7)8)33(60-40(50)24(11)12)43(55-27)62-30-28(18-54-36(46)20(3)4)56-44(63-42(52)26(15)16)34(61-41(51)25(13)14)32(30)59-39(49)23(9)10/h19-34,43-44H,17-18H2,1-16H3/t27?,28?,29-,30+,31?,32?,33-,34-,43-,44-/m0/s1. The molecule has 19 heteroatoms. The first kappa shape index (κ1) is 54.8. The zero-order chi connectivity index (χ0) is 48.2. The lowest BCUT2D eigenvalue weighted by molar-refractivity contribution is -0.359. The predicted octanol–water partition coefficient (Wildman–Crippen LogP) is 4.26. The maximum absolute atomic E-state index is 13.6. The van der Waals surface area contributed by atoms with Crippen molar-refractivity contribution in [2.75, 3.05) is 13.2 Å². The fourth-order valence-electron chi connectivity index (χ4n) is 5.47. The molecular weight excluding hydrogens is 832 g/mol. The van der Waals surface area contributed by atoms with Gasteiger partial charge in [-0.05, 0) is 0 Å².